The highest BCUT2D eigenvalue weighted by atomic mass is 16.3. The fourth-order valence-corrected chi connectivity index (χ4v) is 1.49. The highest BCUT2D eigenvalue weighted by Gasteiger charge is 2.13. The lowest BCUT2D eigenvalue weighted by Gasteiger charge is -2.20. The van der Waals surface area contributed by atoms with Crippen LogP contribution in [-0.4, -0.2) is 37.6 Å². The summed E-state index contributed by atoms with van der Waals surface area (Å²) in [5.41, 5.74) is 0.0828. The fraction of sp³-hybridized carbons (Fsp3) is 0.500. The van der Waals surface area contributed by atoms with Crippen molar-refractivity contribution in [2.45, 2.75) is 19.9 Å². The van der Waals surface area contributed by atoms with Crippen LogP contribution in [0.3, 0.4) is 0 Å². The van der Waals surface area contributed by atoms with E-state index in [0.717, 1.165) is 0 Å². The summed E-state index contributed by atoms with van der Waals surface area (Å²) in [6.07, 6.45) is 0. The van der Waals surface area contributed by atoms with Gasteiger partial charge in [0.25, 0.3) is 0 Å². The highest BCUT2D eigenvalue weighted by Crippen LogP contribution is 2.09. The average Bonchev–Trinajstić information content (AvgIpc) is 2.67. The molecule has 7 nitrogen and oxygen atoms in total. The molecule has 7 heteroatoms. The van der Waals surface area contributed by atoms with Crippen LogP contribution in [0.1, 0.15) is 13.8 Å². The van der Waals surface area contributed by atoms with Crippen LogP contribution in [-0.2, 0) is 0 Å². The Balaban J connectivity index is 2.30. The maximum absolute atomic E-state index is 11.3. The topological polar surface area (TPSA) is 95.3 Å². The van der Waals surface area contributed by atoms with Gasteiger partial charge in [0.2, 0.25) is 0 Å². The minimum absolute atomic E-state index is 0.0116. The van der Waals surface area contributed by atoms with Gasteiger partial charge in [-0.25, -0.2) is 9.89 Å². The number of nitrogens with one attached hydrogen (secondary N) is 2. The number of aromatic amines is 1. The molecule has 1 atom stereocenters. The molecule has 0 saturated carbocycles. The van der Waals surface area contributed by atoms with Gasteiger partial charge in [-0.15, -0.1) is 5.10 Å². The number of hydrogen-bond acceptors (Lipinski definition) is 5. The molecule has 2 aromatic rings. The first-order chi connectivity index (χ1) is 8.11. The van der Waals surface area contributed by atoms with Crippen molar-refractivity contribution in [3.63, 3.8) is 0 Å². The van der Waals surface area contributed by atoms with E-state index in [0.29, 0.717) is 11.5 Å². The van der Waals surface area contributed by atoms with Crippen molar-refractivity contribution in [2.24, 2.45) is 5.92 Å². The highest BCUT2D eigenvalue weighted by molar-refractivity contribution is 5.43. The van der Waals surface area contributed by atoms with Crippen molar-refractivity contribution >= 4 is 11.5 Å². The SMILES string of the molecule is CC(C)[C@@H](CO)Nc1ccc2n[nH]c(=O)n2n1. The lowest BCUT2D eigenvalue weighted by molar-refractivity contribution is 0.249. The van der Waals surface area contributed by atoms with Crippen LogP contribution in [0.15, 0.2) is 16.9 Å². The van der Waals surface area contributed by atoms with Crippen LogP contribution in [0.5, 0.6) is 0 Å². The predicted octanol–water partition coefficient (Wildman–Crippen LogP) is -0.154. The molecule has 0 radical (unpaired) electrons. The first-order valence-corrected chi connectivity index (χ1v) is 5.43. The largest absolute Gasteiger partial charge is 0.394 e. The monoisotopic (exact) mass is 237 g/mol. The molecule has 2 aromatic heterocycles. The van der Waals surface area contributed by atoms with Gasteiger partial charge in [0, 0.05) is 0 Å². The van der Waals surface area contributed by atoms with Gasteiger partial charge in [0.1, 0.15) is 5.82 Å². The van der Waals surface area contributed by atoms with Crippen molar-refractivity contribution in [1.29, 1.82) is 0 Å². The van der Waals surface area contributed by atoms with Crippen molar-refractivity contribution < 1.29 is 5.11 Å². The zero-order valence-corrected chi connectivity index (χ0v) is 9.71. The van der Waals surface area contributed by atoms with Crippen LogP contribution in [0.25, 0.3) is 5.65 Å². The number of H-pyrrole nitrogens is 1. The number of rotatable bonds is 4. The number of fused-ring (bicyclic) bond motifs is 1. The standard InChI is InChI=1S/C10H15N5O2/c1-6(2)7(5-16)11-8-3-4-9-12-13-10(17)15(9)14-8/h3-4,6-7,16H,5H2,1-2H3,(H,11,14)(H,13,17)/t7-/m1/s1. The number of nitrogens with zero attached hydrogens (tertiary/aromatic N) is 3. The molecule has 0 saturated heterocycles. The predicted molar refractivity (Wildman–Crippen MR) is 62.9 cm³/mol. The molecule has 0 spiro atoms. The summed E-state index contributed by atoms with van der Waals surface area (Å²) in [7, 11) is 0. The molecule has 0 amide bonds. The Kier molecular flexibility index (Phi) is 3.10. The van der Waals surface area contributed by atoms with Gasteiger partial charge < -0.3 is 10.4 Å². The molecule has 2 rings (SSSR count). The molecule has 0 unspecified atom stereocenters. The van der Waals surface area contributed by atoms with Crippen LogP contribution in [0, 0.1) is 5.92 Å². The van der Waals surface area contributed by atoms with E-state index in [1.807, 2.05) is 13.8 Å². The van der Waals surface area contributed by atoms with Gasteiger partial charge in [-0.2, -0.15) is 9.61 Å². The lowest BCUT2D eigenvalue weighted by Crippen LogP contribution is -2.30. The molecule has 0 aliphatic rings. The summed E-state index contributed by atoms with van der Waals surface area (Å²) in [4.78, 5) is 11.3. The lowest BCUT2D eigenvalue weighted by atomic mass is 10.1. The first kappa shape index (κ1) is 11.6. The second-order valence-electron chi connectivity index (χ2n) is 4.19. The normalized spacial score (nSPS) is 13.2. The van der Waals surface area contributed by atoms with Gasteiger partial charge in [-0.05, 0) is 18.1 Å². The molecule has 0 aliphatic carbocycles. The molecule has 0 aliphatic heterocycles. The zero-order valence-electron chi connectivity index (χ0n) is 9.71. The van der Waals surface area contributed by atoms with Crippen LogP contribution in [0.4, 0.5) is 5.82 Å². The average molecular weight is 237 g/mol. The molecule has 17 heavy (non-hydrogen) atoms. The molecular weight excluding hydrogens is 222 g/mol. The van der Waals surface area contributed by atoms with E-state index in [2.05, 4.69) is 20.6 Å². The third kappa shape index (κ3) is 2.28. The van der Waals surface area contributed by atoms with E-state index in [-0.39, 0.29) is 24.3 Å². The summed E-state index contributed by atoms with van der Waals surface area (Å²) in [5.74, 6) is 0.798. The summed E-state index contributed by atoms with van der Waals surface area (Å²) in [5, 5.41) is 22.5. The maximum atomic E-state index is 11.3. The van der Waals surface area contributed by atoms with Crippen LogP contribution in [0.2, 0.25) is 0 Å². The third-order valence-electron chi connectivity index (χ3n) is 2.61. The second kappa shape index (κ2) is 4.54. The number of anilines is 1. The Morgan fingerprint density at radius 1 is 1.53 bits per heavy atom. The van der Waals surface area contributed by atoms with E-state index >= 15 is 0 Å². The number of aliphatic hydroxyl groups excluding tert-OH is 1. The van der Waals surface area contributed by atoms with Crippen molar-refractivity contribution in [3.8, 4) is 0 Å². The minimum Gasteiger partial charge on any atom is -0.394 e. The van der Waals surface area contributed by atoms with E-state index in [4.69, 9.17) is 0 Å². The third-order valence-corrected chi connectivity index (χ3v) is 2.61. The molecule has 92 valence electrons. The number of aliphatic hydroxyl groups is 1. The van der Waals surface area contributed by atoms with Crippen LogP contribution >= 0.6 is 0 Å². The smallest absolute Gasteiger partial charge is 0.364 e. The first-order valence-electron chi connectivity index (χ1n) is 5.43. The summed E-state index contributed by atoms with van der Waals surface area (Å²) in [6, 6.07) is 3.31. The summed E-state index contributed by atoms with van der Waals surface area (Å²) < 4.78 is 1.18. The van der Waals surface area contributed by atoms with Crippen LogP contribution < -0.4 is 11.0 Å². The summed E-state index contributed by atoms with van der Waals surface area (Å²) in [6.45, 7) is 4.00. The molecule has 0 aromatic carbocycles. The van der Waals surface area contributed by atoms with E-state index in [1.54, 1.807) is 12.1 Å². The van der Waals surface area contributed by atoms with Gasteiger partial charge in [0.15, 0.2) is 5.65 Å². The Labute approximate surface area is 97.5 Å². The Hall–Kier alpha value is -1.89. The van der Waals surface area contributed by atoms with Crippen molar-refractivity contribution in [1.82, 2.24) is 19.8 Å². The van der Waals surface area contributed by atoms with Crippen molar-refractivity contribution in [2.75, 3.05) is 11.9 Å². The quantitative estimate of drug-likeness (QED) is 0.687. The van der Waals surface area contributed by atoms with Gasteiger partial charge in [0.05, 0.1) is 12.6 Å². The fourth-order valence-electron chi connectivity index (χ4n) is 1.49. The number of aromatic nitrogens is 4. The Morgan fingerprint density at radius 2 is 2.29 bits per heavy atom. The van der Waals surface area contributed by atoms with Crippen molar-refractivity contribution in [3.05, 3.63) is 22.6 Å². The molecule has 0 bridgehead atoms. The second-order valence-corrected chi connectivity index (χ2v) is 4.19. The minimum atomic E-state index is -0.381. The maximum Gasteiger partial charge on any atom is 0.364 e. The van der Waals surface area contributed by atoms with Gasteiger partial charge in [-0.3, -0.25) is 0 Å². The van der Waals surface area contributed by atoms with Gasteiger partial charge in [-0.1, -0.05) is 13.8 Å². The van der Waals surface area contributed by atoms with E-state index < -0.39 is 0 Å². The molecular formula is C10H15N5O2. The molecule has 0 fully saturated rings. The van der Waals surface area contributed by atoms with E-state index in [9.17, 15) is 9.90 Å². The van der Waals surface area contributed by atoms with Gasteiger partial charge >= 0.3 is 5.69 Å². The zero-order chi connectivity index (χ0) is 12.4. The summed E-state index contributed by atoms with van der Waals surface area (Å²) >= 11 is 0. The molecule has 2 heterocycles. The Morgan fingerprint density at radius 3 is 2.94 bits per heavy atom. The molecule has 3 N–H and O–H groups in total. The van der Waals surface area contributed by atoms with E-state index in [1.165, 1.54) is 4.52 Å². The Bertz CT molecular complexity index is 559. The number of hydrogen-bond donors (Lipinski definition) is 3.